The Kier molecular flexibility index (Phi) is 3.99. The highest BCUT2D eigenvalue weighted by Crippen LogP contribution is 2.22. The molecule has 4 rings (SSSR count). The minimum absolute atomic E-state index is 0.528. The van der Waals surface area contributed by atoms with E-state index < -0.39 is 0 Å². The summed E-state index contributed by atoms with van der Waals surface area (Å²) in [6, 6.07) is 16.0. The van der Waals surface area contributed by atoms with Crippen LogP contribution in [0.5, 0.6) is 5.75 Å². The third kappa shape index (κ3) is 3.14. The fourth-order valence-corrected chi connectivity index (χ4v) is 2.78. The highest BCUT2D eigenvalue weighted by atomic mass is 16.5. The number of fused-ring (bicyclic) bond motifs is 1. The van der Waals surface area contributed by atoms with Crippen LogP contribution in [0, 0.1) is 0 Å². The molecule has 0 unspecified atom stereocenters. The lowest BCUT2D eigenvalue weighted by molar-refractivity contribution is 0.415. The first-order chi connectivity index (χ1) is 12.3. The molecule has 0 saturated carbocycles. The molecule has 3 aromatic heterocycles. The van der Waals surface area contributed by atoms with E-state index in [1.807, 2.05) is 47.0 Å². The zero-order valence-electron chi connectivity index (χ0n) is 13.7. The quantitative estimate of drug-likeness (QED) is 0.581. The highest BCUT2D eigenvalue weighted by Gasteiger charge is 2.13. The number of aromatic nitrogens is 6. The van der Waals surface area contributed by atoms with Gasteiger partial charge in [0, 0.05) is 11.9 Å². The third-order valence-corrected chi connectivity index (χ3v) is 4.01. The Balaban J connectivity index is 1.67. The predicted octanol–water partition coefficient (Wildman–Crippen LogP) is 2.06. The van der Waals surface area contributed by atoms with Crippen LogP contribution in [0.2, 0.25) is 0 Å². The summed E-state index contributed by atoms with van der Waals surface area (Å²) in [5, 5.41) is 18.7. The topological polar surface area (TPSA) is 84.2 Å². The summed E-state index contributed by atoms with van der Waals surface area (Å²) in [7, 11) is 1.66. The predicted molar refractivity (Wildman–Crippen MR) is 92.3 cm³/mol. The number of nitrogens with zero attached hydrogens (tertiary/aromatic N) is 6. The Morgan fingerprint density at radius 3 is 2.72 bits per heavy atom. The number of rotatable bonds is 6. The molecule has 8 nitrogen and oxygen atoms in total. The number of benzene rings is 1. The fraction of sp³-hybridized carbons (Fsp3) is 0.176. The summed E-state index contributed by atoms with van der Waals surface area (Å²) in [5.74, 6) is 1.45. The Morgan fingerprint density at radius 2 is 1.96 bits per heavy atom. The SMILES string of the molecule is COc1ccc(N(Cc2nn[nH]n2)Cc2cccc3ccnn23)cc1. The van der Waals surface area contributed by atoms with E-state index in [0.717, 1.165) is 22.6 Å². The number of aromatic amines is 1. The van der Waals surface area contributed by atoms with Crippen LogP contribution in [-0.4, -0.2) is 37.3 Å². The van der Waals surface area contributed by atoms with Gasteiger partial charge in [-0.3, -0.25) is 0 Å². The van der Waals surface area contributed by atoms with Crippen LogP contribution in [0.3, 0.4) is 0 Å². The Bertz CT molecular complexity index is 947. The largest absolute Gasteiger partial charge is 0.497 e. The Morgan fingerprint density at radius 1 is 1.08 bits per heavy atom. The molecule has 0 radical (unpaired) electrons. The molecular formula is C17H17N7O. The molecule has 0 saturated heterocycles. The monoisotopic (exact) mass is 335 g/mol. The van der Waals surface area contributed by atoms with E-state index in [9.17, 15) is 0 Å². The van der Waals surface area contributed by atoms with Gasteiger partial charge >= 0.3 is 0 Å². The Hall–Kier alpha value is -3.42. The summed E-state index contributed by atoms with van der Waals surface area (Å²) >= 11 is 0. The second kappa shape index (κ2) is 6.60. The number of methoxy groups -OCH3 is 1. The van der Waals surface area contributed by atoms with Crippen LogP contribution in [0.4, 0.5) is 5.69 Å². The summed E-state index contributed by atoms with van der Waals surface area (Å²) < 4.78 is 7.19. The number of H-pyrrole nitrogens is 1. The summed E-state index contributed by atoms with van der Waals surface area (Å²) in [4.78, 5) is 2.17. The molecule has 3 heterocycles. The van der Waals surface area contributed by atoms with E-state index in [1.165, 1.54) is 0 Å². The maximum Gasteiger partial charge on any atom is 0.193 e. The number of ether oxygens (including phenoxy) is 1. The molecule has 0 amide bonds. The van der Waals surface area contributed by atoms with Gasteiger partial charge in [0.25, 0.3) is 0 Å². The van der Waals surface area contributed by atoms with Gasteiger partial charge < -0.3 is 9.64 Å². The molecule has 0 aliphatic rings. The maximum atomic E-state index is 5.25. The van der Waals surface area contributed by atoms with Crippen molar-refractivity contribution in [2.75, 3.05) is 12.0 Å². The van der Waals surface area contributed by atoms with E-state index in [0.29, 0.717) is 18.9 Å². The van der Waals surface area contributed by atoms with Crippen LogP contribution in [-0.2, 0) is 13.1 Å². The molecule has 1 N–H and O–H groups in total. The average molecular weight is 335 g/mol. The van der Waals surface area contributed by atoms with E-state index in [1.54, 1.807) is 13.3 Å². The zero-order chi connectivity index (χ0) is 17.1. The number of hydrogen-bond acceptors (Lipinski definition) is 6. The summed E-state index contributed by atoms with van der Waals surface area (Å²) in [6.45, 7) is 1.18. The van der Waals surface area contributed by atoms with Gasteiger partial charge in [-0.25, -0.2) is 4.52 Å². The molecule has 4 aromatic rings. The minimum atomic E-state index is 0.528. The van der Waals surface area contributed by atoms with Gasteiger partial charge in [0.2, 0.25) is 0 Å². The van der Waals surface area contributed by atoms with Gasteiger partial charge in [-0.15, -0.1) is 10.2 Å². The van der Waals surface area contributed by atoms with Gasteiger partial charge in [0.05, 0.1) is 31.4 Å². The van der Waals surface area contributed by atoms with Crippen LogP contribution in [0.1, 0.15) is 11.5 Å². The molecule has 126 valence electrons. The van der Waals surface area contributed by atoms with Crippen LogP contribution < -0.4 is 9.64 Å². The summed E-state index contributed by atoms with van der Waals surface area (Å²) in [5.41, 5.74) is 3.17. The third-order valence-electron chi connectivity index (χ3n) is 4.01. The highest BCUT2D eigenvalue weighted by molar-refractivity contribution is 5.51. The molecule has 0 atom stereocenters. The van der Waals surface area contributed by atoms with Gasteiger partial charge in [0.15, 0.2) is 5.82 Å². The van der Waals surface area contributed by atoms with E-state index >= 15 is 0 Å². The van der Waals surface area contributed by atoms with Crippen molar-refractivity contribution in [1.29, 1.82) is 0 Å². The molecule has 8 heteroatoms. The normalized spacial score (nSPS) is 10.9. The van der Waals surface area contributed by atoms with Crippen molar-refractivity contribution in [3.8, 4) is 5.75 Å². The van der Waals surface area contributed by atoms with Crippen molar-refractivity contribution in [2.45, 2.75) is 13.1 Å². The average Bonchev–Trinajstić information content (AvgIpc) is 3.33. The molecule has 0 spiro atoms. The second-order valence-corrected chi connectivity index (χ2v) is 5.57. The molecule has 1 aromatic carbocycles. The molecule has 0 fully saturated rings. The fourth-order valence-electron chi connectivity index (χ4n) is 2.78. The van der Waals surface area contributed by atoms with Crippen LogP contribution >= 0.6 is 0 Å². The lowest BCUT2D eigenvalue weighted by Crippen LogP contribution is -2.24. The van der Waals surface area contributed by atoms with Gasteiger partial charge in [-0.05, 0) is 42.5 Å². The van der Waals surface area contributed by atoms with E-state index in [-0.39, 0.29) is 0 Å². The first-order valence-corrected chi connectivity index (χ1v) is 7.86. The maximum absolute atomic E-state index is 5.25. The lowest BCUT2D eigenvalue weighted by atomic mass is 10.2. The minimum Gasteiger partial charge on any atom is -0.497 e. The van der Waals surface area contributed by atoms with Crippen LogP contribution in [0.25, 0.3) is 5.52 Å². The molecule has 0 aliphatic carbocycles. The van der Waals surface area contributed by atoms with E-state index in [2.05, 4.69) is 36.7 Å². The number of tetrazole rings is 1. The molecule has 0 aliphatic heterocycles. The summed E-state index contributed by atoms with van der Waals surface area (Å²) in [6.07, 6.45) is 1.80. The van der Waals surface area contributed by atoms with Crippen molar-refractivity contribution in [1.82, 2.24) is 30.2 Å². The van der Waals surface area contributed by atoms with Gasteiger partial charge in [0.1, 0.15) is 5.75 Å². The molecule has 25 heavy (non-hydrogen) atoms. The van der Waals surface area contributed by atoms with Crippen molar-refractivity contribution in [3.05, 3.63) is 66.2 Å². The standard InChI is InChI=1S/C17H17N7O/c1-25-16-7-5-13(6-8-16)23(12-17-19-21-22-20-17)11-15-4-2-3-14-9-10-18-24(14)15/h2-10H,11-12H2,1H3,(H,19,20,21,22). The second-order valence-electron chi connectivity index (χ2n) is 5.57. The van der Waals surface area contributed by atoms with Gasteiger partial charge in [-0.1, -0.05) is 11.3 Å². The van der Waals surface area contributed by atoms with Crippen molar-refractivity contribution in [3.63, 3.8) is 0 Å². The number of hydrogen-bond donors (Lipinski definition) is 1. The molecular weight excluding hydrogens is 318 g/mol. The number of pyridine rings is 1. The van der Waals surface area contributed by atoms with Crippen molar-refractivity contribution >= 4 is 11.2 Å². The first kappa shape index (κ1) is 15.1. The van der Waals surface area contributed by atoms with Crippen molar-refractivity contribution in [2.24, 2.45) is 0 Å². The lowest BCUT2D eigenvalue weighted by Gasteiger charge is -2.24. The smallest absolute Gasteiger partial charge is 0.193 e. The van der Waals surface area contributed by atoms with Crippen LogP contribution in [0.15, 0.2) is 54.7 Å². The first-order valence-electron chi connectivity index (χ1n) is 7.86. The number of anilines is 1. The zero-order valence-corrected chi connectivity index (χ0v) is 13.7. The Labute approximate surface area is 144 Å². The molecule has 0 bridgehead atoms. The van der Waals surface area contributed by atoms with E-state index in [4.69, 9.17) is 4.74 Å². The van der Waals surface area contributed by atoms with Crippen molar-refractivity contribution < 1.29 is 4.74 Å². The number of nitrogens with one attached hydrogen (secondary N) is 1. The van der Waals surface area contributed by atoms with Gasteiger partial charge in [-0.2, -0.15) is 10.3 Å².